The van der Waals surface area contributed by atoms with Crippen LogP contribution in [-0.2, 0) is 0 Å². The number of hydrogen-bond acceptors (Lipinski definition) is 2. The van der Waals surface area contributed by atoms with Gasteiger partial charge in [-0.1, -0.05) is 20.3 Å². The van der Waals surface area contributed by atoms with Gasteiger partial charge in [-0.3, -0.25) is 0 Å². The Morgan fingerprint density at radius 2 is 2.00 bits per heavy atom. The third kappa shape index (κ3) is 4.12. The predicted molar refractivity (Wildman–Crippen MR) is 67.2 cm³/mol. The lowest BCUT2D eigenvalue weighted by molar-refractivity contribution is 0.253. The highest BCUT2D eigenvalue weighted by molar-refractivity contribution is 4.82. The van der Waals surface area contributed by atoms with Crippen molar-refractivity contribution in [1.82, 2.24) is 10.2 Å². The van der Waals surface area contributed by atoms with Gasteiger partial charge in [-0.2, -0.15) is 0 Å². The average molecular weight is 212 g/mol. The molecule has 1 N–H and O–H groups in total. The van der Waals surface area contributed by atoms with Gasteiger partial charge in [-0.15, -0.1) is 0 Å². The van der Waals surface area contributed by atoms with E-state index < -0.39 is 0 Å². The molecular formula is C13H28N2. The standard InChI is InChI=1S/C13H28N2/c1-4-10-15(5-2)11-9-12-7-6-8-13(12)14-3/h12-14H,4-11H2,1-3H3. The summed E-state index contributed by atoms with van der Waals surface area (Å²) in [5.74, 6) is 0.931. The van der Waals surface area contributed by atoms with E-state index in [0.29, 0.717) is 0 Å². The van der Waals surface area contributed by atoms with Crippen molar-refractivity contribution >= 4 is 0 Å². The largest absolute Gasteiger partial charge is 0.317 e. The van der Waals surface area contributed by atoms with Gasteiger partial charge < -0.3 is 10.2 Å². The van der Waals surface area contributed by atoms with Crippen LogP contribution in [0, 0.1) is 5.92 Å². The highest BCUT2D eigenvalue weighted by Crippen LogP contribution is 2.28. The van der Waals surface area contributed by atoms with E-state index in [0.717, 1.165) is 12.0 Å². The van der Waals surface area contributed by atoms with E-state index >= 15 is 0 Å². The summed E-state index contributed by atoms with van der Waals surface area (Å²) >= 11 is 0. The van der Waals surface area contributed by atoms with Crippen LogP contribution in [0.2, 0.25) is 0 Å². The van der Waals surface area contributed by atoms with Gasteiger partial charge in [-0.05, 0) is 58.3 Å². The first kappa shape index (κ1) is 13.0. The zero-order chi connectivity index (χ0) is 11.1. The van der Waals surface area contributed by atoms with Gasteiger partial charge in [0, 0.05) is 6.04 Å². The minimum Gasteiger partial charge on any atom is -0.317 e. The van der Waals surface area contributed by atoms with Crippen molar-refractivity contribution < 1.29 is 0 Å². The average Bonchev–Trinajstić information content (AvgIpc) is 2.71. The Labute approximate surface area is 95.4 Å². The molecule has 0 saturated heterocycles. The molecule has 2 atom stereocenters. The fourth-order valence-electron chi connectivity index (χ4n) is 2.86. The Morgan fingerprint density at radius 1 is 1.20 bits per heavy atom. The summed E-state index contributed by atoms with van der Waals surface area (Å²) in [6.45, 7) is 8.33. The van der Waals surface area contributed by atoms with Gasteiger partial charge in [-0.25, -0.2) is 0 Å². The number of rotatable bonds is 7. The van der Waals surface area contributed by atoms with E-state index in [1.165, 1.54) is 51.7 Å². The summed E-state index contributed by atoms with van der Waals surface area (Å²) in [4.78, 5) is 2.59. The van der Waals surface area contributed by atoms with Crippen molar-refractivity contribution in [3.63, 3.8) is 0 Å². The molecule has 0 aliphatic heterocycles. The van der Waals surface area contributed by atoms with Gasteiger partial charge in [0.25, 0.3) is 0 Å². The quantitative estimate of drug-likeness (QED) is 0.697. The van der Waals surface area contributed by atoms with Crippen molar-refractivity contribution in [3.05, 3.63) is 0 Å². The molecule has 15 heavy (non-hydrogen) atoms. The van der Waals surface area contributed by atoms with Crippen LogP contribution >= 0.6 is 0 Å². The first-order valence-electron chi connectivity index (χ1n) is 6.71. The molecule has 90 valence electrons. The molecule has 0 bridgehead atoms. The van der Waals surface area contributed by atoms with Crippen molar-refractivity contribution in [2.45, 2.75) is 52.0 Å². The predicted octanol–water partition coefficient (Wildman–Crippen LogP) is 2.50. The molecule has 0 amide bonds. The highest BCUT2D eigenvalue weighted by Gasteiger charge is 2.25. The Morgan fingerprint density at radius 3 is 2.60 bits per heavy atom. The van der Waals surface area contributed by atoms with Gasteiger partial charge >= 0.3 is 0 Å². The van der Waals surface area contributed by atoms with Crippen LogP contribution in [0.5, 0.6) is 0 Å². The van der Waals surface area contributed by atoms with Crippen molar-refractivity contribution in [3.8, 4) is 0 Å². The first-order chi connectivity index (χ1) is 7.31. The van der Waals surface area contributed by atoms with E-state index in [9.17, 15) is 0 Å². The zero-order valence-corrected chi connectivity index (χ0v) is 10.8. The molecule has 2 unspecified atom stereocenters. The summed E-state index contributed by atoms with van der Waals surface area (Å²) < 4.78 is 0. The molecule has 0 aromatic carbocycles. The van der Waals surface area contributed by atoms with Crippen molar-refractivity contribution in [2.24, 2.45) is 5.92 Å². The summed E-state index contributed by atoms with van der Waals surface area (Å²) in [6, 6.07) is 0.797. The number of nitrogens with zero attached hydrogens (tertiary/aromatic N) is 1. The molecule has 0 aromatic heterocycles. The van der Waals surface area contributed by atoms with Crippen LogP contribution in [0.15, 0.2) is 0 Å². The third-order valence-electron chi connectivity index (χ3n) is 3.83. The molecule has 0 heterocycles. The molecule has 1 aliphatic rings. The maximum absolute atomic E-state index is 3.47. The maximum atomic E-state index is 3.47. The lowest BCUT2D eigenvalue weighted by Crippen LogP contribution is -2.33. The van der Waals surface area contributed by atoms with Crippen LogP contribution in [0.4, 0.5) is 0 Å². The Kier molecular flexibility index (Phi) is 6.26. The maximum Gasteiger partial charge on any atom is 0.00928 e. The van der Waals surface area contributed by atoms with E-state index in [1.807, 2.05) is 0 Å². The SMILES string of the molecule is CCCN(CC)CCC1CCCC1NC. The Bertz CT molecular complexity index is 159. The third-order valence-corrected chi connectivity index (χ3v) is 3.83. The molecule has 2 heteroatoms. The van der Waals surface area contributed by atoms with Crippen LogP contribution in [0.3, 0.4) is 0 Å². The Hall–Kier alpha value is -0.0800. The van der Waals surface area contributed by atoms with Gasteiger partial charge in [0.2, 0.25) is 0 Å². The number of hydrogen-bond donors (Lipinski definition) is 1. The summed E-state index contributed by atoms with van der Waals surface area (Å²) in [5, 5.41) is 3.47. The second-order valence-electron chi connectivity index (χ2n) is 4.81. The van der Waals surface area contributed by atoms with Gasteiger partial charge in [0.15, 0.2) is 0 Å². The Balaban J connectivity index is 2.22. The van der Waals surface area contributed by atoms with E-state index in [2.05, 4.69) is 31.1 Å². The van der Waals surface area contributed by atoms with Crippen LogP contribution < -0.4 is 5.32 Å². The van der Waals surface area contributed by atoms with Crippen LogP contribution in [0.1, 0.15) is 46.0 Å². The van der Waals surface area contributed by atoms with Gasteiger partial charge in [0.05, 0.1) is 0 Å². The summed E-state index contributed by atoms with van der Waals surface area (Å²) in [5.41, 5.74) is 0. The molecule has 0 aromatic rings. The minimum atomic E-state index is 0.797. The lowest BCUT2D eigenvalue weighted by atomic mass is 9.99. The molecule has 1 saturated carbocycles. The van der Waals surface area contributed by atoms with Crippen molar-refractivity contribution in [2.75, 3.05) is 26.7 Å². The zero-order valence-electron chi connectivity index (χ0n) is 10.8. The minimum absolute atomic E-state index is 0.797. The van der Waals surface area contributed by atoms with Crippen molar-refractivity contribution in [1.29, 1.82) is 0 Å². The van der Waals surface area contributed by atoms with Gasteiger partial charge in [0.1, 0.15) is 0 Å². The second kappa shape index (κ2) is 7.24. The summed E-state index contributed by atoms with van der Waals surface area (Å²) in [7, 11) is 2.12. The summed E-state index contributed by atoms with van der Waals surface area (Å²) in [6.07, 6.45) is 6.93. The van der Waals surface area contributed by atoms with E-state index in [4.69, 9.17) is 0 Å². The number of nitrogens with one attached hydrogen (secondary N) is 1. The fraction of sp³-hybridized carbons (Fsp3) is 1.00. The molecule has 2 nitrogen and oxygen atoms in total. The first-order valence-corrected chi connectivity index (χ1v) is 6.71. The lowest BCUT2D eigenvalue weighted by Gasteiger charge is -2.24. The van der Waals surface area contributed by atoms with E-state index in [1.54, 1.807) is 0 Å². The van der Waals surface area contributed by atoms with E-state index in [-0.39, 0.29) is 0 Å². The monoisotopic (exact) mass is 212 g/mol. The molecule has 1 rings (SSSR count). The molecule has 1 aliphatic carbocycles. The molecule has 1 fully saturated rings. The highest BCUT2D eigenvalue weighted by atomic mass is 15.1. The van der Waals surface area contributed by atoms with Crippen LogP contribution in [-0.4, -0.2) is 37.6 Å². The normalized spacial score (nSPS) is 26.4. The molecular weight excluding hydrogens is 184 g/mol. The van der Waals surface area contributed by atoms with Crippen LogP contribution in [0.25, 0.3) is 0 Å². The smallest absolute Gasteiger partial charge is 0.00928 e. The topological polar surface area (TPSA) is 15.3 Å². The fourth-order valence-corrected chi connectivity index (χ4v) is 2.86. The molecule has 0 radical (unpaired) electrons. The second-order valence-corrected chi connectivity index (χ2v) is 4.81. The molecule has 0 spiro atoms.